The summed E-state index contributed by atoms with van der Waals surface area (Å²) in [5, 5.41) is 3.15. The third-order valence-corrected chi connectivity index (χ3v) is 4.52. The molecule has 2 atom stereocenters. The molecule has 4 nitrogen and oxygen atoms in total. The van der Waals surface area contributed by atoms with Crippen molar-refractivity contribution in [2.45, 2.75) is 25.9 Å². The van der Waals surface area contributed by atoms with Crippen molar-refractivity contribution in [3.05, 3.63) is 34.3 Å². The molecule has 1 aliphatic rings. The highest BCUT2D eigenvalue weighted by Gasteiger charge is 2.33. The monoisotopic (exact) mass is 338 g/mol. The molecule has 2 rings (SSSR count). The summed E-state index contributed by atoms with van der Waals surface area (Å²) in [5.74, 6) is 0.173. The summed E-state index contributed by atoms with van der Waals surface area (Å²) in [4.78, 5) is 25.4. The van der Waals surface area contributed by atoms with Crippen LogP contribution in [0.3, 0.4) is 0 Å². The van der Waals surface area contributed by atoms with Crippen LogP contribution in [0.25, 0.3) is 0 Å². The van der Waals surface area contributed by atoms with Crippen LogP contribution in [-0.4, -0.2) is 36.2 Å². The van der Waals surface area contributed by atoms with Gasteiger partial charge in [0.15, 0.2) is 0 Å². The molecule has 1 amide bonds. The summed E-state index contributed by atoms with van der Waals surface area (Å²) in [6, 6.07) is 7.63. The molecular formula is C15H19BrN2O2. The lowest BCUT2D eigenvalue weighted by molar-refractivity contribution is -0.132. The number of nitrogens with one attached hydrogen (secondary N) is 1. The van der Waals surface area contributed by atoms with Crippen molar-refractivity contribution in [1.29, 1.82) is 0 Å². The molecule has 1 fully saturated rings. The van der Waals surface area contributed by atoms with Crippen LogP contribution in [0.4, 0.5) is 0 Å². The van der Waals surface area contributed by atoms with Gasteiger partial charge in [0.25, 0.3) is 0 Å². The van der Waals surface area contributed by atoms with Crippen molar-refractivity contribution in [2.75, 3.05) is 13.6 Å². The Kier molecular flexibility index (Phi) is 4.94. The summed E-state index contributed by atoms with van der Waals surface area (Å²) < 4.78 is 1.00. The lowest BCUT2D eigenvalue weighted by Crippen LogP contribution is -2.41. The average Bonchev–Trinajstić information content (AvgIpc) is 2.90. The van der Waals surface area contributed by atoms with E-state index >= 15 is 0 Å². The molecule has 0 saturated carbocycles. The van der Waals surface area contributed by atoms with Gasteiger partial charge in [0.1, 0.15) is 5.78 Å². The van der Waals surface area contributed by atoms with Gasteiger partial charge in [-0.25, -0.2) is 0 Å². The summed E-state index contributed by atoms with van der Waals surface area (Å²) in [6.07, 6.45) is 0.606. The maximum Gasteiger partial charge on any atom is 0.239 e. The van der Waals surface area contributed by atoms with Gasteiger partial charge in [0.05, 0.1) is 6.04 Å². The second kappa shape index (κ2) is 6.50. The molecule has 1 aromatic carbocycles. The molecule has 1 aromatic rings. The van der Waals surface area contributed by atoms with Gasteiger partial charge in [-0.1, -0.05) is 34.1 Å². The van der Waals surface area contributed by atoms with E-state index in [4.69, 9.17) is 0 Å². The molecule has 0 bridgehead atoms. The van der Waals surface area contributed by atoms with E-state index in [2.05, 4.69) is 21.2 Å². The fourth-order valence-electron chi connectivity index (χ4n) is 2.46. The van der Waals surface area contributed by atoms with Crippen molar-refractivity contribution in [3.63, 3.8) is 0 Å². The number of Topliss-reactive ketones (excluding diaryl/α,β-unsaturated/α-hetero) is 1. The third-order valence-electron chi connectivity index (χ3n) is 3.75. The van der Waals surface area contributed by atoms with Gasteiger partial charge in [0.2, 0.25) is 5.91 Å². The Balaban J connectivity index is 1.96. The number of rotatable bonds is 4. The number of carbonyl (C=O) groups is 2. The van der Waals surface area contributed by atoms with Crippen molar-refractivity contribution >= 4 is 27.6 Å². The Morgan fingerprint density at radius 1 is 1.40 bits per heavy atom. The molecule has 0 spiro atoms. The SMILES string of the molecule is CC(=O)C1CNC(C(=O)N(C)Cc2ccccc2Br)C1. The number of nitrogens with zero attached hydrogens (tertiary/aromatic N) is 1. The summed E-state index contributed by atoms with van der Waals surface area (Å²) in [6.45, 7) is 2.75. The fraction of sp³-hybridized carbons (Fsp3) is 0.467. The van der Waals surface area contributed by atoms with Crippen LogP contribution in [0.2, 0.25) is 0 Å². The van der Waals surface area contributed by atoms with E-state index in [0.717, 1.165) is 10.0 Å². The molecule has 1 N–H and O–H groups in total. The topological polar surface area (TPSA) is 49.4 Å². The molecule has 5 heteroatoms. The van der Waals surface area contributed by atoms with Crippen molar-refractivity contribution < 1.29 is 9.59 Å². The van der Waals surface area contributed by atoms with Gasteiger partial charge in [-0.15, -0.1) is 0 Å². The smallest absolute Gasteiger partial charge is 0.239 e. The lowest BCUT2D eigenvalue weighted by Gasteiger charge is -2.21. The number of benzene rings is 1. The molecule has 2 unspecified atom stereocenters. The van der Waals surface area contributed by atoms with Crippen LogP contribution in [0, 0.1) is 5.92 Å². The number of likely N-dealkylation sites (N-methyl/N-ethyl adjacent to an activating group) is 1. The summed E-state index contributed by atoms with van der Waals surface area (Å²) in [5.41, 5.74) is 1.07. The van der Waals surface area contributed by atoms with Gasteiger partial charge < -0.3 is 10.2 Å². The average molecular weight is 339 g/mol. The largest absolute Gasteiger partial charge is 0.340 e. The Bertz CT molecular complexity index is 518. The molecule has 1 aliphatic heterocycles. The molecule has 0 aromatic heterocycles. The number of halogens is 1. The predicted octanol–water partition coefficient (Wildman–Crippen LogP) is 1.97. The van der Waals surface area contributed by atoms with Gasteiger partial charge in [0, 0.05) is 30.5 Å². The van der Waals surface area contributed by atoms with E-state index in [-0.39, 0.29) is 23.7 Å². The Morgan fingerprint density at radius 3 is 2.70 bits per heavy atom. The van der Waals surface area contributed by atoms with Crippen molar-refractivity contribution in [1.82, 2.24) is 10.2 Å². The van der Waals surface area contributed by atoms with Crippen LogP contribution in [0.1, 0.15) is 18.9 Å². The Hall–Kier alpha value is -1.20. The Labute approximate surface area is 127 Å². The number of hydrogen-bond acceptors (Lipinski definition) is 3. The van der Waals surface area contributed by atoms with E-state index in [0.29, 0.717) is 19.5 Å². The standard InChI is InChI=1S/C15H19BrN2O2/c1-10(19)12-7-14(17-8-12)15(20)18(2)9-11-5-3-4-6-13(11)16/h3-6,12,14,17H,7-9H2,1-2H3. The normalized spacial score (nSPS) is 21.8. The number of hydrogen-bond donors (Lipinski definition) is 1. The van der Waals surface area contributed by atoms with Crippen molar-refractivity contribution in [3.8, 4) is 0 Å². The van der Waals surface area contributed by atoms with Crippen molar-refractivity contribution in [2.24, 2.45) is 5.92 Å². The van der Waals surface area contributed by atoms with Crippen LogP contribution >= 0.6 is 15.9 Å². The molecule has 0 aliphatic carbocycles. The quantitative estimate of drug-likeness (QED) is 0.913. The zero-order valence-electron chi connectivity index (χ0n) is 11.7. The predicted molar refractivity (Wildman–Crippen MR) is 81.2 cm³/mol. The van der Waals surface area contributed by atoms with Crippen LogP contribution < -0.4 is 5.32 Å². The van der Waals surface area contributed by atoms with Crippen LogP contribution in [0.15, 0.2) is 28.7 Å². The fourth-order valence-corrected chi connectivity index (χ4v) is 2.87. The van der Waals surface area contributed by atoms with E-state index in [1.807, 2.05) is 24.3 Å². The van der Waals surface area contributed by atoms with Crippen LogP contribution in [-0.2, 0) is 16.1 Å². The van der Waals surface area contributed by atoms with Gasteiger partial charge in [-0.2, -0.15) is 0 Å². The molecule has 1 saturated heterocycles. The maximum absolute atomic E-state index is 12.4. The first-order valence-electron chi connectivity index (χ1n) is 6.71. The number of amides is 1. The first kappa shape index (κ1) is 15.2. The van der Waals surface area contributed by atoms with Gasteiger partial charge in [-0.05, 0) is 25.0 Å². The number of carbonyl (C=O) groups excluding carboxylic acids is 2. The highest BCUT2D eigenvalue weighted by atomic mass is 79.9. The highest BCUT2D eigenvalue weighted by molar-refractivity contribution is 9.10. The van der Waals surface area contributed by atoms with E-state index < -0.39 is 0 Å². The second-order valence-electron chi connectivity index (χ2n) is 5.29. The Morgan fingerprint density at radius 2 is 2.10 bits per heavy atom. The minimum Gasteiger partial charge on any atom is -0.340 e. The van der Waals surface area contributed by atoms with E-state index in [1.54, 1.807) is 18.9 Å². The molecular weight excluding hydrogens is 320 g/mol. The molecule has 20 heavy (non-hydrogen) atoms. The minimum atomic E-state index is -0.239. The van der Waals surface area contributed by atoms with Gasteiger partial charge in [-0.3, -0.25) is 9.59 Å². The zero-order valence-corrected chi connectivity index (χ0v) is 13.3. The summed E-state index contributed by atoms with van der Waals surface area (Å²) >= 11 is 3.49. The second-order valence-corrected chi connectivity index (χ2v) is 6.14. The summed E-state index contributed by atoms with van der Waals surface area (Å²) in [7, 11) is 1.80. The zero-order chi connectivity index (χ0) is 14.7. The highest BCUT2D eigenvalue weighted by Crippen LogP contribution is 2.20. The third kappa shape index (κ3) is 3.46. The first-order chi connectivity index (χ1) is 9.49. The van der Waals surface area contributed by atoms with E-state index in [9.17, 15) is 9.59 Å². The van der Waals surface area contributed by atoms with E-state index in [1.165, 1.54) is 0 Å². The molecule has 0 radical (unpaired) electrons. The maximum atomic E-state index is 12.4. The minimum absolute atomic E-state index is 0.0270. The lowest BCUT2D eigenvalue weighted by atomic mass is 10.0. The number of ketones is 1. The van der Waals surface area contributed by atoms with Gasteiger partial charge >= 0.3 is 0 Å². The first-order valence-corrected chi connectivity index (χ1v) is 7.50. The van der Waals surface area contributed by atoms with Crippen LogP contribution in [0.5, 0.6) is 0 Å². The molecule has 108 valence electrons. The molecule has 1 heterocycles.